The molecule has 0 aliphatic carbocycles. The van der Waals surface area contributed by atoms with Crippen molar-refractivity contribution in [1.82, 2.24) is 0 Å². The second-order valence-electron chi connectivity index (χ2n) is 6.96. The summed E-state index contributed by atoms with van der Waals surface area (Å²) in [5, 5.41) is 0. The molecule has 0 saturated heterocycles. The van der Waals surface area contributed by atoms with Gasteiger partial charge in [0.25, 0.3) is 0 Å². The molecule has 2 unspecified atom stereocenters. The van der Waals surface area contributed by atoms with Crippen LogP contribution in [0.25, 0.3) is 0 Å². The van der Waals surface area contributed by atoms with Gasteiger partial charge in [0, 0.05) is 13.8 Å². The van der Waals surface area contributed by atoms with E-state index in [9.17, 15) is 0 Å². The Morgan fingerprint density at radius 3 is 2.30 bits per heavy atom. The van der Waals surface area contributed by atoms with E-state index >= 15 is 0 Å². The number of ether oxygens (including phenoxy) is 2. The van der Waals surface area contributed by atoms with Gasteiger partial charge in [-0.2, -0.15) is 0 Å². The molecule has 0 aromatic heterocycles. The summed E-state index contributed by atoms with van der Waals surface area (Å²) in [5.41, 5.74) is 2.75. The molecule has 3 rings (SSSR count). The molecule has 2 heteroatoms. The van der Waals surface area contributed by atoms with Crippen molar-refractivity contribution < 1.29 is 9.47 Å². The highest BCUT2D eigenvalue weighted by Crippen LogP contribution is 2.42. The molecule has 2 aromatic rings. The average Bonchev–Trinajstić information content (AvgIpc) is 2.86. The topological polar surface area (TPSA) is 18.5 Å². The van der Waals surface area contributed by atoms with Crippen LogP contribution in [0.5, 0.6) is 11.5 Å². The van der Waals surface area contributed by atoms with Crippen molar-refractivity contribution in [2.75, 3.05) is 0 Å². The molecule has 1 heterocycles. The molecule has 122 valence electrons. The molecule has 0 spiro atoms. The maximum absolute atomic E-state index is 5.90. The zero-order chi connectivity index (χ0) is 16.4. The van der Waals surface area contributed by atoms with Gasteiger partial charge in [0.1, 0.15) is 0 Å². The lowest BCUT2D eigenvalue weighted by atomic mass is 9.84. The first-order chi connectivity index (χ1) is 11.0. The van der Waals surface area contributed by atoms with Crippen LogP contribution in [0.15, 0.2) is 48.5 Å². The first-order valence-electron chi connectivity index (χ1n) is 8.55. The number of hydrogen-bond acceptors (Lipinski definition) is 2. The molecule has 0 N–H and O–H groups in total. The van der Waals surface area contributed by atoms with Crippen molar-refractivity contribution >= 4 is 0 Å². The molecule has 2 nitrogen and oxygen atoms in total. The predicted molar refractivity (Wildman–Crippen MR) is 94.3 cm³/mol. The minimum absolute atomic E-state index is 0.530. The quantitative estimate of drug-likeness (QED) is 0.686. The Bertz CT molecular complexity index is 661. The van der Waals surface area contributed by atoms with Crippen molar-refractivity contribution in [3.8, 4) is 11.5 Å². The van der Waals surface area contributed by atoms with E-state index in [-0.39, 0.29) is 0 Å². The van der Waals surface area contributed by atoms with Crippen LogP contribution in [-0.4, -0.2) is 5.79 Å². The first kappa shape index (κ1) is 15.9. The normalized spacial score (nSPS) is 17.7. The van der Waals surface area contributed by atoms with Crippen LogP contribution in [0.1, 0.15) is 63.5 Å². The summed E-state index contributed by atoms with van der Waals surface area (Å²) >= 11 is 0. The van der Waals surface area contributed by atoms with E-state index in [1.807, 2.05) is 13.8 Å². The van der Waals surface area contributed by atoms with Crippen LogP contribution in [0, 0.1) is 0 Å². The summed E-state index contributed by atoms with van der Waals surface area (Å²) in [6.45, 7) is 8.47. The van der Waals surface area contributed by atoms with Gasteiger partial charge < -0.3 is 9.47 Å². The van der Waals surface area contributed by atoms with Crippen LogP contribution in [-0.2, 0) is 0 Å². The first-order valence-corrected chi connectivity index (χ1v) is 8.55. The smallest absolute Gasteiger partial charge is 0.246 e. The Labute approximate surface area is 139 Å². The van der Waals surface area contributed by atoms with Gasteiger partial charge in [0.15, 0.2) is 11.5 Å². The maximum Gasteiger partial charge on any atom is 0.246 e. The van der Waals surface area contributed by atoms with Crippen molar-refractivity contribution in [1.29, 1.82) is 0 Å². The molecule has 0 radical (unpaired) electrons. The van der Waals surface area contributed by atoms with Crippen molar-refractivity contribution in [3.05, 3.63) is 59.7 Å². The third-order valence-corrected chi connectivity index (χ3v) is 4.65. The maximum atomic E-state index is 5.90. The largest absolute Gasteiger partial charge is 0.449 e. The summed E-state index contributed by atoms with van der Waals surface area (Å²) in [5.74, 6) is 2.24. The second-order valence-corrected chi connectivity index (χ2v) is 6.96. The fourth-order valence-electron chi connectivity index (χ4n) is 3.38. The van der Waals surface area contributed by atoms with E-state index in [1.165, 1.54) is 11.1 Å². The fourth-order valence-corrected chi connectivity index (χ4v) is 3.38. The Kier molecular flexibility index (Phi) is 4.34. The van der Waals surface area contributed by atoms with Gasteiger partial charge >= 0.3 is 0 Å². The Morgan fingerprint density at radius 2 is 1.61 bits per heavy atom. The number of hydrogen-bond donors (Lipinski definition) is 0. The summed E-state index contributed by atoms with van der Waals surface area (Å²) in [4.78, 5) is 0. The lowest BCUT2D eigenvalue weighted by Gasteiger charge is -2.21. The molecular formula is C21H26O2. The zero-order valence-electron chi connectivity index (χ0n) is 14.5. The molecule has 1 aliphatic rings. The minimum atomic E-state index is -0.556. The molecule has 1 aliphatic heterocycles. The van der Waals surface area contributed by atoms with Crippen molar-refractivity contribution in [3.63, 3.8) is 0 Å². The van der Waals surface area contributed by atoms with Gasteiger partial charge in [-0.25, -0.2) is 0 Å². The number of rotatable bonds is 5. The Balaban J connectivity index is 1.77. The van der Waals surface area contributed by atoms with E-state index in [0.717, 1.165) is 24.3 Å². The lowest BCUT2D eigenvalue weighted by Crippen LogP contribution is -2.29. The third-order valence-electron chi connectivity index (χ3n) is 4.65. The zero-order valence-corrected chi connectivity index (χ0v) is 14.5. The highest BCUT2D eigenvalue weighted by Gasteiger charge is 2.32. The van der Waals surface area contributed by atoms with Gasteiger partial charge in [-0.15, -0.1) is 0 Å². The summed E-state index contributed by atoms with van der Waals surface area (Å²) < 4.78 is 11.7. The third kappa shape index (κ3) is 3.52. The van der Waals surface area contributed by atoms with Crippen LogP contribution in [0.2, 0.25) is 0 Å². The van der Waals surface area contributed by atoms with Gasteiger partial charge in [-0.05, 0) is 47.9 Å². The molecule has 0 bridgehead atoms. The van der Waals surface area contributed by atoms with Gasteiger partial charge in [0.2, 0.25) is 5.79 Å². The second kappa shape index (κ2) is 6.27. The highest BCUT2D eigenvalue weighted by molar-refractivity contribution is 5.46. The number of fused-ring (bicyclic) bond motifs is 1. The van der Waals surface area contributed by atoms with Crippen molar-refractivity contribution in [2.24, 2.45) is 0 Å². The average molecular weight is 310 g/mol. The molecule has 0 fully saturated rings. The highest BCUT2D eigenvalue weighted by atomic mass is 16.7. The summed E-state index contributed by atoms with van der Waals surface area (Å²) in [6.07, 6.45) is 2.27. The Morgan fingerprint density at radius 1 is 0.913 bits per heavy atom. The molecule has 0 saturated carbocycles. The van der Waals surface area contributed by atoms with E-state index in [1.54, 1.807) is 0 Å². The molecular weight excluding hydrogens is 284 g/mol. The van der Waals surface area contributed by atoms with Crippen LogP contribution in [0.4, 0.5) is 0 Å². The molecule has 0 amide bonds. The Hall–Kier alpha value is -1.96. The standard InChI is InChI=1S/C21H26O2/c1-5-16(13-15(2)17-9-7-6-8-10-17)18-11-12-19-20(14-18)23-21(3,4)22-19/h6-12,14-16H,5,13H2,1-4H3. The summed E-state index contributed by atoms with van der Waals surface area (Å²) in [6, 6.07) is 17.2. The summed E-state index contributed by atoms with van der Waals surface area (Å²) in [7, 11) is 0. The van der Waals surface area contributed by atoms with E-state index in [4.69, 9.17) is 9.47 Å². The van der Waals surface area contributed by atoms with Gasteiger partial charge in [0.05, 0.1) is 0 Å². The lowest BCUT2D eigenvalue weighted by molar-refractivity contribution is -0.0431. The van der Waals surface area contributed by atoms with E-state index in [2.05, 4.69) is 62.4 Å². The van der Waals surface area contributed by atoms with E-state index in [0.29, 0.717) is 11.8 Å². The van der Waals surface area contributed by atoms with Crippen molar-refractivity contribution in [2.45, 2.75) is 58.2 Å². The van der Waals surface area contributed by atoms with Gasteiger partial charge in [-0.3, -0.25) is 0 Å². The SMILES string of the molecule is CCC(CC(C)c1ccccc1)c1ccc2c(c1)OC(C)(C)O2. The fraction of sp³-hybridized carbons (Fsp3) is 0.429. The number of benzene rings is 2. The van der Waals surface area contributed by atoms with Gasteiger partial charge in [-0.1, -0.05) is 50.2 Å². The van der Waals surface area contributed by atoms with Crippen LogP contribution in [0.3, 0.4) is 0 Å². The predicted octanol–water partition coefficient (Wildman–Crippen LogP) is 5.88. The van der Waals surface area contributed by atoms with Crippen LogP contribution >= 0.6 is 0 Å². The monoisotopic (exact) mass is 310 g/mol. The van der Waals surface area contributed by atoms with Crippen LogP contribution < -0.4 is 9.47 Å². The minimum Gasteiger partial charge on any atom is -0.449 e. The molecule has 23 heavy (non-hydrogen) atoms. The molecule has 2 atom stereocenters. The van der Waals surface area contributed by atoms with E-state index < -0.39 is 5.79 Å². The molecule has 2 aromatic carbocycles.